The minimum absolute atomic E-state index is 0.641. The zero-order valence-corrected chi connectivity index (χ0v) is 3.44. The molecule has 6 heavy (non-hydrogen) atoms. The van der Waals surface area contributed by atoms with Crippen molar-refractivity contribution in [2.45, 2.75) is 0 Å². The first-order valence-electron chi connectivity index (χ1n) is 2.45. The van der Waals surface area contributed by atoms with E-state index in [2.05, 4.69) is 5.32 Å². The first-order chi connectivity index (χ1) is 3.39. The van der Waals surface area contributed by atoms with Crippen LogP contribution in [0.2, 0.25) is 0 Å². The Morgan fingerprint density at radius 1 is 1.67 bits per heavy atom. The standard InChI is InChI=1S/C5H7N/c1-2-4-6-5-3-1/h1-4,6H,5H2/i3D. The van der Waals surface area contributed by atoms with Gasteiger partial charge in [-0.25, -0.2) is 0 Å². The Bertz CT molecular complexity index is 115. The molecule has 1 heterocycles. The summed E-state index contributed by atoms with van der Waals surface area (Å²) >= 11 is 0. The van der Waals surface area contributed by atoms with Crippen LogP contribution in [0.1, 0.15) is 1.37 Å². The van der Waals surface area contributed by atoms with Gasteiger partial charge in [0, 0.05) is 6.54 Å². The monoisotopic (exact) mass is 82.1 g/mol. The molecule has 0 amide bonds. The molecule has 0 unspecified atom stereocenters. The second-order valence-corrected chi connectivity index (χ2v) is 1.11. The number of rotatable bonds is 0. The number of hydrogen-bond donors (Lipinski definition) is 1. The second-order valence-electron chi connectivity index (χ2n) is 1.11. The van der Waals surface area contributed by atoms with Gasteiger partial charge in [0.25, 0.3) is 0 Å². The molecule has 1 N–H and O–H groups in total. The van der Waals surface area contributed by atoms with E-state index >= 15 is 0 Å². The van der Waals surface area contributed by atoms with E-state index in [9.17, 15) is 0 Å². The summed E-state index contributed by atoms with van der Waals surface area (Å²) in [6.45, 7) is 0.677. The van der Waals surface area contributed by atoms with Gasteiger partial charge in [-0.05, 0) is 12.3 Å². The summed E-state index contributed by atoms with van der Waals surface area (Å²) < 4.78 is 7.02. The summed E-state index contributed by atoms with van der Waals surface area (Å²) in [4.78, 5) is 0. The third-order valence-corrected chi connectivity index (χ3v) is 0.632. The lowest BCUT2D eigenvalue weighted by molar-refractivity contribution is 0.972. The van der Waals surface area contributed by atoms with Crippen molar-refractivity contribution in [3.63, 3.8) is 0 Å². The van der Waals surface area contributed by atoms with Crippen molar-refractivity contribution in [1.82, 2.24) is 5.32 Å². The van der Waals surface area contributed by atoms with Crippen molar-refractivity contribution in [3.05, 3.63) is 24.4 Å². The SMILES string of the molecule is [2H]C1=CC=CNC1. The van der Waals surface area contributed by atoms with Crippen LogP contribution in [0.4, 0.5) is 0 Å². The lowest BCUT2D eigenvalue weighted by atomic mass is 10.4. The fraction of sp³-hybridized carbons (Fsp3) is 0.200. The molecule has 1 aliphatic rings. The van der Waals surface area contributed by atoms with Crippen LogP contribution in [0.15, 0.2) is 24.4 Å². The second kappa shape index (κ2) is 1.65. The Balaban J connectivity index is 2.57. The molecule has 1 nitrogen and oxygen atoms in total. The van der Waals surface area contributed by atoms with E-state index in [0.717, 1.165) is 0 Å². The first kappa shape index (κ1) is 2.45. The summed E-state index contributed by atoms with van der Waals surface area (Å²) in [6, 6.07) is 0.641. The highest BCUT2D eigenvalue weighted by Crippen LogP contribution is 1.78. The van der Waals surface area contributed by atoms with Gasteiger partial charge in [-0.15, -0.1) is 0 Å². The molecule has 0 fully saturated rings. The van der Waals surface area contributed by atoms with Gasteiger partial charge in [0.05, 0.1) is 1.37 Å². The van der Waals surface area contributed by atoms with Crippen LogP contribution >= 0.6 is 0 Å². The Morgan fingerprint density at radius 2 is 2.67 bits per heavy atom. The molecule has 0 atom stereocenters. The zero-order chi connectivity index (χ0) is 5.11. The number of hydrogen-bond acceptors (Lipinski definition) is 1. The third kappa shape index (κ3) is 0.612. The number of allylic oxidation sites excluding steroid dienone is 2. The van der Waals surface area contributed by atoms with Gasteiger partial charge in [-0.2, -0.15) is 0 Å². The summed E-state index contributed by atoms with van der Waals surface area (Å²) in [5, 5.41) is 2.90. The fourth-order valence-electron chi connectivity index (χ4n) is 0.361. The molecule has 0 spiro atoms. The van der Waals surface area contributed by atoms with Crippen LogP contribution in [0.25, 0.3) is 0 Å². The maximum absolute atomic E-state index is 7.02. The minimum Gasteiger partial charge on any atom is -0.387 e. The summed E-state index contributed by atoms with van der Waals surface area (Å²) in [7, 11) is 0. The van der Waals surface area contributed by atoms with E-state index in [0.29, 0.717) is 12.6 Å². The van der Waals surface area contributed by atoms with Crippen molar-refractivity contribution in [2.75, 3.05) is 6.54 Å². The van der Waals surface area contributed by atoms with E-state index in [-0.39, 0.29) is 0 Å². The Labute approximate surface area is 38.8 Å². The smallest absolute Gasteiger partial charge is 0.0594 e. The number of dihydropyridines is 1. The predicted molar refractivity (Wildman–Crippen MR) is 26.3 cm³/mol. The molecule has 0 aromatic carbocycles. The molecule has 0 bridgehead atoms. The average Bonchev–Trinajstić information content (AvgIpc) is 1.69. The van der Waals surface area contributed by atoms with Gasteiger partial charge >= 0.3 is 0 Å². The van der Waals surface area contributed by atoms with Gasteiger partial charge < -0.3 is 5.32 Å². The van der Waals surface area contributed by atoms with Gasteiger partial charge in [0.1, 0.15) is 0 Å². The highest BCUT2D eigenvalue weighted by atomic mass is 14.8. The first-order valence-corrected chi connectivity index (χ1v) is 1.95. The third-order valence-electron chi connectivity index (χ3n) is 0.632. The molecule has 1 rings (SSSR count). The van der Waals surface area contributed by atoms with Crippen molar-refractivity contribution in [3.8, 4) is 0 Å². The lowest BCUT2D eigenvalue weighted by Crippen LogP contribution is -2.05. The highest BCUT2D eigenvalue weighted by Gasteiger charge is 1.73. The Hall–Kier alpha value is -0.720. The Kier molecular flexibility index (Phi) is 0.675. The highest BCUT2D eigenvalue weighted by molar-refractivity contribution is 5.06. The van der Waals surface area contributed by atoms with E-state index in [1.165, 1.54) is 0 Å². The van der Waals surface area contributed by atoms with Crippen LogP contribution in [-0.2, 0) is 0 Å². The molecule has 32 valence electrons. The van der Waals surface area contributed by atoms with Crippen molar-refractivity contribution in [2.24, 2.45) is 0 Å². The van der Waals surface area contributed by atoms with E-state index in [1.807, 2.05) is 12.3 Å². The van der Waals surface area contributed by atoms with Gasteiger partial charge in [-0.1, -0.05) is 12.1 Å². The van der Waals surface area contributed by atoms with E-state index in [4.69, 9.17) is 1.37 Å². The topological polar surface area (TPSA) is 12.0 Å². The van der Waals surface area contributed by atoms with Crippen LogP contribution < -0.4 is 5.32 Å². The molecule has 0 saturated carbocycles. The molecule has 1 aliphatic heterocycles. The van der Waals surface area contributed by atoms with E-state index in [1.54, 1.807) is 6.08 Å². The Morgan fingerprint density at radius 3 is 3.00 bits per heavy atom. The quantitative estimate of drug-likeness (QED) is 0.452. The summed E-state index contributed by atoms with van der Waals surface area (Å²) in [6.07, 6.45) is 5.43. The lowest BCUT2D eigenvalue weighted by Gasteiger charge is -1.94. The van der Waals surface area contributed by atoms with Crippen molar-refractivity contribution >= 4 is 0 Å². The van der Waals surface area contributed by atoms with Crippen molar-refractivity contribution < 1.29 is 1.37 Å². The average molecular weight is 82.1 g/mol. The van der Waals surface area contributed by atoms with Crippen LogP contribution in [0.3, 0.4) is 0 Å². The molecule has 0 saturated heterocycles. The zero-order valence-electron chi connectivity index (χ0n) is 4.44. The summed E-state index contributed by atoms with van der Waals surface area (Å²) in [5.74, 6) is 0. The molecule has 0 radical (unpaired) electrons. The molecule has 0 aromatic heterocycles. The van der Waals surface area contributed by atoms with Crippen LogP contribution in [0.5, 0.6) is 0 Å². The molecule has 0 aromatic rings. The fourth-order valence-corrected chi connectivity index (χ4v) is 0.361. The minimum atomic E-state index is 0.641. The van der Waals surface area contributed by atoms with Gasteiger partial charge in [-0.3, -0.25) is 0 Å². The summed E-state index contributed by atoms with van der Waals surface area (Å²) in [5.41, 5.74) is 0. The molecule has 0 aliphatic carbocycles. The number of nitrogens with one attached hydrogen (secondary N) is 1. The predicted octanol–water partition coefficient (Wildman–Crippen LogP) is 0.660. The maximum Gasteiger partial charge on any atom is 0.0594 e. The van der Waals surface area contributed by atoms with Gasteiger partial charge in [0.2, 0.25) is 0 Å². The molecular weight excluding hydrogens is 74.1 g/mol. The van der Waals surface area contributed by atoms with Crippen molar-refractivity contribution in [1.29, 1.82) is 0 Å². The van der Waals surface area contributed by atoms with Gasteiger partial charge in [0.15, 0.2) is 0 Å². The van der Waals surface area contributed by atoms with Crippen LogP contribution in [0, 0.1) is 0 Å². The molecular formula is C5H7N. The largest absolute Gasteiger partial charge is 0.387 e. The normalized spacial score (nSPS) is 21.3. The maximum atomic E-state index is 7.02. The van der Waals surface area contributed by atoms with Crippen LogP contribution in [-0.4, -0.2) is 6.54 Å². The molecule has 1 heteroatoms. The van der Waals surface area contributed by atoms with E-state index < -0.39 is 0 Å².